The first-order valence-corrected chi connectivity index (χ1v) is 15.8. The van der Waals surface area contributed by atoms with Crippen LogP contribution in [0, 0.1) is 6.92 Å². The number of carbonyl (C=O) groups excluding carboxylic acids is 2. The highest BCUT2D eigenvalue weighted by molar-refractivity contribution is 6.46. The van der Waals surface area contributed by atoms with E-state index in [-0.39, 0.29) is 11.3 Å². The van der Waals surface area contributed by atoms with Crippen molar-refractivity contribution in [1.82, 2.24) is 4.90 Å². The van der Waals surface area contributed by atoms with Crippen LogP contribution in [0.4, 0.5) is 0 Å². The van der Waals surface area contributed by atoms with Gasteiger partial charge in [-0.15, -0.1) is 0 Å². The zero-order chi connectivity index (χ0) is 31.9. The van der Waals surface area contributed by atoms with Crippen LogP contribution in [0.3, 0.4) is 0 Å². The number of nitrogens with one attached hydrogen (secondary N) is 1. The molecule has 0 radical (unpaired) electrons. The molecule has 236 valence electrons. The van der Waals surface area contributed by atoms with E-state index in [1.165, 1.54) is 4.90 Å². The van der Waals surface area contributed by atoms with E-state index in [0.29, 0.717) is 47.9 Å². The topological polar surface area (TPSA) is 89.7 Å². The second-order valence-electron chi connectivity index (χ2n) is 11.7. The van der Waals surface area contributed by atoms with Crippen molar-refractivity contribution in [2.75, 3.05) is 39.4 Å². The van der Waals surface area contributed by atoms with E-state index in [4.69, 9.17) is 14.2 Å². The number of amides is 1. The number of aliphatic hydroxyl groups excluding tert-OH is 1. The number of nitrogens with zero attached hydrogens (tertiary/aromatic N) is 1. The molecule has 1 atom stereocenters. The smallest absolute Gasteiger partial charge is 0.295 e. The fourth-order valence-electron chi connectivity index (χ4n) is 6.09. The Hall–Kier alpha value is -4.92. The van der Waals surface area contributed by atoms with Crippen molar-refractivity contribution < 1.29 is 33.8 Å². The normalized spacial score (nSPS) is 18.1. The molecule has 0 saturated carbocycles. The molecule has 8 nitrogen and oxygen atoms in total. The van der Waals surface area contributed by atoms with Crippen LogP contribution < -0.4 is 14.4 Å². The van der Waals surface area contributed by atoms with E-state index >= 15 is 0 Å². The molecular weight excluding hydrogens is 580 g/mol. The van der Waals surface area contributed by atoms with Crippen molar-refractivity contribution in [3.63, 3.8) is 0 Å². The average Bonchev–Trinajstić information content (AvgIpc) is 3.34. The number of aliphatic hydroxyl groups is 1. The number of ketones is 1. The van der Waals surface area contributed by atoms with Gasteiger partial charge >= 0.3 is 0 Å². The molecule has 2 aliphatic rings. The summed E-state index contributed by atoms with van der Waals surface area (Å²) in [6.45, 7) is 6.84. The zero-order valence-electron chi connectivity index (χ0n) is 26.0. The molecule has 8 heteroatoms. The molecule has 46 heavy (non-hydrogen) atoms. The largest absolute Gasteiger partial charge is 0.507 e. The molecule has 2 N–H and O–H groups in total. The molecule has 0 aliphatic carbocycles. The maximum absolute atomic E-state index is 13.7. The van der Waals surface area contributed by atoms with E-state index in [9.17, 15) is 14.7 Å². The number of ether oxygens (including phenoxy) is 3. The number of hydrogen-bond donors (Lipinski definition) is 2. The number of hydrogen-bond acceptors (Lipinski definition) is 6. The van der Waals surface area contributed by atoms with Crippen LogP contribution in [-0.4, -0.2) is 61.1 Å². The fraction of sp³-hybridized carbons (Fsp3) is 0.263. The standard InChI is InChI=1S/C38H38N2O6/c1-27-24-30(16-17-33(27)45-26-28-10-4-2-5-11-28)36(41)34-35(29-12-8-15-32(25-29)46-31-13-6-3-7-14-31)40(38(43)37(34)42)19-9-18-39-20-22-44-23-21-39/h2-8,10-17,24-25,35,41H,9,18-23,26H2,1H3/p+1/t35-/m0/s1. The number of morpholine rings is 1. The van der Waals surface area contributed by atoms with Crippen LogP contribution in [0.5, 0.6) is 17.2 Å². The lowest BCUT2D eigenvalue weighted by molar-refractivity contribution is -0.908. The highest BCUT2D eigenvalue weighted by Crippen LogP contribution is 2.41. The summed E-state index contributed by atoms with van der Waals surface area (Å²) in [7, 11) is 0. The van der Waals surface area contributed by atoms with Crippen molar-refractivity contribution >= 4 is 17.4 Å². The van der Waals surface area contributed by atoms with Gasteiger partial charge in [0.1, 0.15) is 42.7 Å². The molecule has 2 heterocycles. The highest BCUT2D eigenvalue weighted by Gasteiger charge is 2.46. The van der Waals surface area contributed by atoms with Crippen molar-refractivity contribution in [2.24, 2.45) is 0 Å². The Morgan fingerprint density at radius 2 is 1.61 bits per heavy atom. The lowest BCUT2D eigenvalue weighted by Gasteiger charge is -2.28. The molecule has 4 aromatic rings. The predicted octanol–water partition coefficient (Wildman–Crippen LogP) is 5.09. The summed E-state index contributed by atoms with van der Waals surface area (Å²) in [6, 6.07) is 31.2. The molecule has 2 aliphatic heterocycles. The van der Waals surface area contributed by atoms with Gasteiger partial charge in [-0.3, -0.25) is 9.59 Å². The summed E-state index contributed by atoms with van der Waals surface area (Å²) in [5.41, 5.74) is 3.05. The van der Waals surface area contributed by atoms with Crippen molar-refractivity contribution in [2.45, 2.75) is 26.0 Å². The van der Waals surface area contributed by atoms with Gasteiger partial charge in [-0.1, -0.05) is 60.7 Å². The van der Waals surface area contributed by atoms with Gasteiger partial charge in [-0.2, -0.15) is 0 Å². The predicted molar refractivity (Wildman–Crippen MR) is 175 cm³/mol. The molecule has 0 spiro atoms. The lowest BCUT2D eigenvalue weighted by Crippen LogP contribution is -3.14. The number of benzene rings is 4. The maximum Gasteiger partial charge on any atom is 0.295 e. The van der Waals surface area contributed by atoms with Gasteiger partial charge in [0, 0.05) is 18.5 Å². The van der Waals surface area contributed by atoms with Gasteiger partial charge in [-0.25, -0.2) is 0 Å². The summed E-state index contributed by atoms with van der Waals surface area (Å²) in [4.78, 5) is 30.3. The van der Waals surface area contributed by atoms with Gasteiger partial charge in [0.25, 0.3) is 11.7 Å². The maximum atomic E-state index is 13.7. The number of quaternary nitrogens is 1. The Morgan fingerprint density at radius 1 is 0.891 bits per heavy atom. The number of aryl methyl sites for hydroxylation is 1. The molecule has 0 unspecified atom stereocenters. The molecule has 0 aromatic heterocycles. The van der Waals surface area contributed by atoms with Crippen LogP contribution in [0.15, 0.2) is 109 Å². The molecule has 6 rings (SSSR count). The average molecular weight is 620 g/mol. The van der Waals surface area contributed by atoms with E-state index in [2.05, 4.69) is 0 Å². The number of carbonyl (C=O) groups is 2. The molecule has 2 saturated heterocycles. The van der Waals surface area contributed by atoms with Crippen LogP contribution in [-0.2, 0) is 20.9 Å². The summed E-state index contributed by atoms with van der Waals surface area (Å²) in [5, 5.41) is 11.7. The molecule has 0 bridgehead atoms. The second-order valence-corrected chi connectivity index (χ2v) is 11.7. The summed E-state index contributed by atoms with van der Waals surface area (Å²) in [5.74, 6) is 0.399. The van der Waals surface area contributed by atoms with E-state index in [1.807, 2.05) is 91.9 Å². The van der Waals surface area contributed by atoms with Gasteiger partial charge < -0.3 is 29.1 Å². The van der Waals surface area contributed by atoms with Crippen molar-refractivity contribution in [3.05, 3.63) is 131 Å². The van der Waals surface area contributed by atoms with E-state index in [0.717, 1.165) is 44.0 Å². The highest BCUT2D eigenvalue weighted by atomic mass is 16.5. The first-order valence-electron chi connectivity index (χ1n) is 15.8. The first kappa shape index (κ1) is 31.1. The van der Waals surface area contributed by atoms with Crippen molar-refractivity contribution in [1.29, 1.82) is 0 Å². The van der Waals surface area contributed by atoms with Crippen LogP contribution in [0.2, 0.25) is 0 Å². The van der Waals surface area contributed by atoms with Gasteiger partial charge in [-0.05, 0) is 66.1 Å². The van der Waals surface area contributed by atoms with Crippen molar-refractivity contribution in [3.8, 4) is 17.2 Å². The van der Waals surface area contributed by atoms with Crippen LogP contribution in [0.25, 0.3) is 5.76 Å². The summed E-state index contributed by atoms with van der Waals surface area (Å²) >= 11 is 0. The fourth-order valence-corrected chi connectivity index (χ4v) is 6.09. The number of rotatable bonds is 11. The summed E-state index contributed by atoms with van der Waals surface area (Å²) < 4.78 is 17.6. The molecule has 1 amide bonds. The Morgan fingerprint density at radius 3 is 2.35 bits per heavy atom. The third kappa shape index (κ3) is 7.14. The third-order valence-electron chi connectivity index (χ3n) is 8.51. The van der Waals surface area contributed by atoms with Gasteiger partial charge in [0.2, 0.25) is 0 Å². The van der Waals surface area contributed by atoms with Crippen LogP contribution in [0.1, 0.15) is 34.7 Å². The molecular formula is C38H39N2O6+. The van der Waals surface area contributed by atoms with Crippen LogP contribution >= 0.6 is 0 Å². The minimum Gasteiger partial charge on any atom is -0.507 e. The van der Waals surface area contributed by atoms with Gasteiger partial charge in [0.15, 0.2) is 0 Å². The first-order chi connectivity index (χ1) is 22.5. The van der Waals surface area contributed by atoms with E-state index in [1.54, 1.807) is 23.1 Å². The Balaban J connectivity index is 1.31. The SMILES string of the molecule is Cc1cc(C(O)=C2C(=O)C(=O)N(CCC[NH+]3CCOCC3)[C@H]2c2cccc(Oc3ccccc3)c2)ccc1OCc1ccccc1. The van der Waals surface area contributed by atoms with Gasteiger partial charge in [0.05, 0.1) is 31.4 Å². The minimum absolute atomic E-state index is 0.0675. The third-order valence-corrected chi connectivity index (χ3v) is 8.51. The number of Topliss-reactive ketones (excluding diaryl/α,β-unsaturated/α-hetero) is 1. The number of para-hydroxylation sites is 1. The monoisotopic (exact) mass is 619 g/mol. The summed E-state index contributed by atoms with van der Waals surface area (Å²) in [6.07, 6.45) is 0.714. The van der Waals surface area contributed by atoms with E-state index < -0.39 is 17.7 Å². The Kier molecular flexibility index (Phi) is 9.76. The lowest BCUT2D eigenvalue weighted by atomic mass is 9.94. The Bertz CT molecular complexity index is 1700. The molecule has 2 fully saturated rings. The number of likely N-dealkylation sites (tertiary alicyclic amines) is 1. The molecule has 4 aromatic carbocycles. The zero-order valence-corrected chi connectivity index (χ0v) is 26.0. The quantitative estimate of drug-likeness (QED) is 0.138. The second kappa shape index (κ2) is 14.5. The minimum atomic E-state index is -0.770. The Labute approximate surface area is 269 Å².